The van der Waals surface area contributed by atoms with Gasteiger partial charge in [-0.3, -0.25) is 0 Å². The summed E-state index contributed by atoms with van der Waals surface area (Å²) in [5, 5.41) is 3.79. The minimum absolute atomic E-state index is 0.341. The van der Waals surface area contributed by atoms with Crippen molar-refractivity contribution >= 4 is 0 Å². The van der Waals surface area contributed by atoms with Gasteiger partial charge in [0, 0.05) is 12.0 Å². The Hall–Kier alpha value is -0.860. The molecule has 0 radical (unpaired) electrons. The zero-order valence-corrected chi connectivity index (χ0v) is 14.2. The molecule has 5 unspecified atom stereocenters. The molecule has 0 saturated carbocycles. The van der Waals surface area contributed by atoms with E-state index in [0.29, 0.717) is 30.1 Å². The lowest BCUT2D eigenvalue weighted by Crippen LogP contribution is -2.43. The maximum atomic E-state index is 6.07. The average molecular weight is 289 g/mol. The maximum absolute atomic E-state index is 6.07. The molecule has 5 atom stereocenters. The number of rotatable bonds is 6. The van der Waals surface area contributed by atoms with Crippen molar-refractivity contribution in [2.45, 2.75) is 65.7 Å². The molecular weight excluding hydrogens is 258 g/mol. The van der Waals surface area contributed by atoms with Gasteiger partial charge in [0.1, 0.15) is 0 Å². The minimum atomic E-state index is 0.341. The summed E-state index contributed by atoms with van der Waals surface area (Å²) in [6, 6.07) is 9.26. The van der Waals surface area contributed by atoms with Gasteiger partial charge >= 0.3 is 0 Å². The van der Waals surface area contributed by atoms with Crippen LogP contribution in [0.15, 0.2) is 24.3 Å². The van der Waals surface area contributed by atoms with Crippen molar-refractivity contribution < 1.29 is 4.74 Å². The summed E-state index contributed by atoms with van der Waals surface area (Å²) in [7, 11) is 0. The van der Waals surface area contributed by atoms with E-state index >= 15 is 0 Å². The Morgan fingerprint density at radius 2 is 1.86 bits per heavy atom. The predicted molar refractivity (Wildman–Crippen MR) is 89.6 cm³/mol. The smallest absolute Gasteiger partial charge is 0.0597 e. The van der Waals surface area contributed by atoms with E-state index in [0.717, 1.165) is 13.0 Å². The zero-order chi connectivity index (χ0) is 15.4. The molecule has 1 aliphatic rings. The predicted octanol–water partition coefficient (Wildman–Crippen LogP) is 3.97. The topological polar surface area (TPSA) is 21.3 Å². The summed E-state index contributed by atoms with van der Waals surface area (Å²) in [4.78, 5) is 0. The Morgan fingerprint density at radius 3 is 2.43 bits per heavy atom. The molecular formula is C19H31NO. The van der Waals surface area contributed by atoms with Gasteiger partial charge in [0.05, 0.1) is 12.2 Å². The van der Waals surface area contributed by atoms with E-state index in [1.54, 1.807) is 0 Å². The Morgan fingerprint density at radius 1 is 1.14 bits per heavy atom. The molecule has 1 aromatic carbocycles. The van der Waals surface area contributed by atoms with Crippen molar-refractivity contribution in [2.24, 2.45) is 11.8 Å². The third-order valence-electron chi connectivity index (χ3n) is 5.14. The van der Waals surface area contributed by atoms with Crippen LogP contribution in [0.25, 0.3) is 0 Å². The third-order valence-corrected chi connectivity index (χ3v) is 5.14. The lowest BCUT2D eigenvalue weighted by atomic mass is 9.80. The summed E-state index contributed by atoms with van der Waals surface area (Å²) in [5.41, 5.74) is 2.86. The highest BCUT2D eigenvalue weighted by atomic mass is 16.5. The fourth-order valence-electron chi connectivity index (χ4n) is 3.74. The first-order chi connectivity index (χ1) is 10.0. The van der Waals surface area contributed by atoms with Crippen LogP contribution < -0.4 is 5.32 Å². The van der Waals surface area contributed by atoms with E-state index in [1.165, 1.54) is 17.5 Å². The number of benzene rings is 1. The first kappa shape index (κ1) is 16.5. The summed E-state index contributed by atoms with van der Waals surface area (Å²) in [6.07, 6.45) is 2.99. The molecule has 0 bridgehead atoms. The summed E-state index contributed by atoms with van der Waals surface area (Å²) in [6.45, 7) is 12.3. The molecule has 0 aromatic heterocycles. The van der Waals surface area contributed by atoms with Crippen molar-refractivity contribution in [1.82, 2.24) is 5.32 Å². The summed E-state index contributed by atoms with van der Waals surface area (Å²) < 4.78 is 6.07. The molecule has 1 heterocycles. The Labute approximate surface area is 130 Å². The second-order valence-corrected chi connectivity index (χ2v) is 6.67. The van der Waals surface area contributed by atoms with Gasteiger partial charge in [-0.15, -0.1) is 0 Å². The zero-order valence-electron chi connectivity index (χ0n) is 14.2. The summed E-state index contributed by atoms with van der Waals surface area (Å²) in [5.74, 6) is 1.20. The van der Waals surface area contributed by atoms with E-state index in [4.69, 9.17) is 4.74 Å². The molecule has 0 aliphatic carbocycles. The Kier molecular flexibility index (Phi) is 5.83. The Balaban J connectivity index is 2.16. The van der Waals surface area contributed by atoms with Crippen molar-refractivity contribution in [2.75, 3.05) is 6.54 Å². The lowest BCUT2D eigenvalue weighted by Gasteiger charge is -2.30. The number of ether oxygens (including phenoxy) is 1. The highest BCUT2D eigenvalue weighted by molar-refractivity contribution is 5.26. The number of nitrogens with one attached hydrogen (secondary N) is 1. The van der Waals surface area contributed by atoms with E-state index in [2.05, 4.69) is 64.2 Å². The quantitative estimate of drug-likeness (QED) is 0.855. The second-order valence-electron chi connectivity index (χ2n) is 6.67. The van der Waals surface area contributed by atoms with Gasteiger partial charge in [-0.25, -0.2) is 0 Å². The van der Waals surface area contributed by atoms with Crippen molar-refractivity contribution in [3.05, 3.63) is 35.4 Å². The van der Waals surface area contributed by atoms with Crippen LogP contribution in [0.4, 0.5) is 0 Å². The molecule has 1 fully saturated rings. The third kappa shape index (κ3) is 3.87. The van der Waals surface area contributed by atoms with Crippen LogP contribution >= 0.6 is 0 Å². The molecule has 1 N–H and O–H groups in total. The van der Waals surface area contributed by atoms with E-state index in [9.17, 15) is 0 Å². The monoisotopic (exact) mass is 289 g/mol. The molecule has 1 aromatic rings. The van der Waals surface area contributed by atoms with Gasteiger partial charge in [0.2, 0.25) is 0 Å². The van der Waals surface area contributed by atoms with Crippen LogP contribution in [0.3, 0.4) is 0 Å². The SMILES string of the molecule is CCCNC(Cc1ccccc1C)C1C(C)OC(C)C1C. The van der Waals surface area contributed by atoms with Crippen LogP contribution in [-0.2, 0) is 11.2 Å². The van der Waals surface area contributed by atoms with Crippen molar-refractivity contribution in [1.29, 1.82) is 0 Å². The molecule has 2 heteroatoms. The Bertz CT molecular complexity index is 445. The van der Waals surface area contributed by atoms with Gasteiger partial charge in [-0.05, 0) is 57.2 Å². The van der Waals surface area contributed by atoms with Crippen molar-refractivity contribution in [3.63, 3.8) is 0 Å². The normalized spacial score (nSPS) is 30.5. The highest BCUT2D eigenvalue weighted by Gasteiger charge is 2.41. The lowest BCUT2D eigenvalue weighted by molar-refractivity contribution is 0.0476. The van der Waals surface area contributed by atoms with Gasteiger partial charge in [-0.2, -0.15) is 0 Å². The van der Waals surface area contributed by atoms with Crippen LogP contribution in [0, 0.1) is 18.8 Å². The van der Waals surface area contributed by atoms with Crippen LogP contribution in [-0.4, -0.2) is 24.8 Å². The standard InChI is InChI=1S/C19H31NO/c1-6-11-20-18(12-17-10-8-7-9-13(17)2)19-14(3)15(4)21-16(19)5/h7-10,14-16,18-20H,6,11-12H2,1-5H3. The van der Waals surface area contributed by atoms with Crippen molar-refractivity contribution in [3.8, 4) is 0 Å². The van der Waals surface area contributed by atoms with Gasteiger partial charge in [-0.1, -0.05) is 38.1 Å². The maximum Gasteiger partial charge on any atom is 0.0597 e. The molecule has 0 amide bonds. The second kappa shape index (κ2) is 7.42. The van der Waals surface area contributed by atoms with Gasteiger partial charge in [0.15, 0.2) is 0 Å². The fraction of sp³-hybridized carbons (Fsp3) is 0.684. The largest absolute Gasteiger partial charge is 0.375 e. The van der Waals surface area contributed by atoms with Crippen LogP contribution in [0.2, 0.25) is 0 Å². The number of hydrogen-bond donors (Lipinski definition) is 1. The molecule has 21 heavy (non-hydrogen) atoms. The van der Waals surface area contributed by atoms with Gasteiger partial charge < -0.3 is 10.1 Å². The average Bonchev–Trinajstić information content (AvgIpc) is 2.71. The molecule has 2 rings (SSSR count). The first-order valence-electron chi connectivity index (χ1n) is 8.48. The molecule has 0 spiro atoms. The van der Waals surface area contributed by atoms with Crippen LogP contribution in [0.1, 0.15) is 45.2 Å². The van der Waals surface area contributed by atoms with E-state index in [-0.39, 0.29) is 0 Å². The first-order valence-corrected chi connectivity index (χ1v) is 8.48. The molecule has 2 nitrogen and oxygen atoms in total. The summed E-state index contributed by atoms with van der Waals surface area (Å²) >= 11 is 0. The number of hydrogen-bond acceptors (Lipinski definition) is 2. The highest BCUT2D eigenvalue weighted by Crippen LogP contribution is 2.35. The molecule has 118 valence electrons. The minimum Gasteiger partial charge on any atom is -0.375 e. The number of aryl methyl sites for hydroxylation is 1. The molecule has 1 aliphatic heterocycles. The van der Waals surface area contributed by atoms with Gasteiger partial charge in [0.25, 0.3) is 0 Å². The molecule has 1 saturated heterocycles. The van der Waals surface area contributed by atoms with E-state index < -0.39 is 0 Å². The van der Waals surface area contributed by atoms with Crippen LogP contribution in [0.5, 0.6) is 0 Å². The van der Waals surface area contributed by atoms with E-state index in [1.807, 2.05) is 0 Å². The fourth-order valence-corrected chi connectivity index (χ4v) is 3.74.